The van der Waals surface area contributed by atoms with Crippen molar-refractivity contribution in [1.82, 2.24) is 0 Å². The monoisotopic (exact) mass is 397 g/mol. The molecule has 2 aromatic carbocycles. The van der Waals surface area contributed by atoms with E-state index < -0.39 is 6.10 Å². The lowest BCUT2D eigenvalue weighted by molar-refractivity contribution is -0.114. The molecule has 0 saturated carbocycles. The highest BCUT2D eigenvalue weighted by molar-refractivity contribution is 14.1. The first kappa shape index (κ1) is 13.6. The number of halogens is 2. The minimum atomic E-state index is -0.650. The highest BCUT2D eigenvalue weighted by atomic mass is 127. The summed E-state index contributed by atoms with van der Waals surface area (Å²) in [5.41, 5.74) is 2.21. The van der Waals surface area contributed by atoms with E-state index in [1.807, 2.05) is 36.4 Å². The van der Waals surface area contributed by atoms with Crippen LogP contribution in [0, 0.1) is 3.57 Å². The number of carbonyl (C=O) groups excluding carboxylic acids is 1. The Hall–Kier alpha value is -1.40. The molecule has 0 spiro atoms. The number of hydrogen-bond donors (Lipinski definition) is 0. The molecule has 20 heavy (non-hydrogen) atoms. The van der Waals surface area contributed by atoms with Gasteiger partial charge >= 0.3 is 0 Å². The van der Waals surface area contributed by atoms with Gasteiger partial charge in [0, 0.05) is 9.13 Å². The van der Waals surface area contributed by atoms with Gasteiger partial charge in [-0.25, -0.2) is 4.99 Å². The molecule has 0 radical (unpaired) electrons. The summed E-state index contributed by atoms with van der Waals surface area (Å²) >= 11 is 8.34. The Morgan fingerprint density at radius 1 is 1.25 bits per heavy atom. The van der Waals surface area contributed by atoms with Gasteiger partial charge in [-0.15, -0.1) is 0 Å². The van der Waals surface area contributed by atoms with Gasteiger partial charge in [-0.2, -0.15) is 0 Å². The fraction of sp³-hybridized carbons (Fsp3) is 0.0667. The molecule has 5 heteroatoms. The summed E-state index contributed by atoms with van der Waals surface area (Å²) in [5.74, 6) is 0.376. The first-order valence-corrected chi connectivity index (χ1v) is 7.39. The Morgan fingerprint density at radius 2 is 2.05 bits per heavy atom. The maximum Gasteiger partial charge on any atom is 0.223 e. The maximum absolute atomic E-state index is 11.3. The van der Waals surface area contributed by atoms with Crippen molar-refractivity contribution >= 4 is 52.1 Å². The maximum atomic E-state index is 11.3. The summed E-state index contributed by atoms with van der Waals surface area (Å²) in [6, 6.07) is 13.0. The van der Waals surface area contributed by atoms with Gasteiger partial charge in [0.1, 0.15) is 0 Å². The summed E-state index contributed by atoms with van der Waals surface area (Å²) in [5, 5.41) is 0.546. The zero-order valence-electron chi connectivity index (χ0n) is 10.2. The SMILES string of the molecule is O=CC1OC(c2ccccc2Cl)=Nc2ccc(I)cc21. The lowest BCUT2D eigenvalue weighted by atomic mass is 10.1. The minimum Gasteiger partial charge on any atom is -0.461 e. The number of nitrogens with zero attached hydrogens (tertiary/aromatic N) is 1. The Bertz CT molecular complexity index is 715. The molecular formula is C15H9ClINO2. The van der Waals surface area contributed by atoms with Crippen LogP contribution in [0.3, 0.4) is 0 Å². The first-order valence-electron chi connectivity index (χ1n) is 5.94. The standard InChI is InChI=1S/C15H9ClINO2/c16-12-4-2-1-3-10(12)15-18-13-6-5-9(17)7-11(13)14(8-19)20-15/h1-8,14H. The van der Waals surface area contributed by atoms with Crippen LogP contribution in [0.15, 0.2) is 47.5 Å². The molecule has 1 aliphatic rings. The predicted molar refractivity (Wildman–Crippen MR) is 86.7 cm³/mol. The van der Waals surface area contributed by atoms with Crippen molar-refractivity contribution in [3.63, 3.8) is 0 Å². The molecule has 0 amide bonds. The van der Waals surface area contributed by atoms with Crippen LogP contribution < -0.4 is 0 Å². The number of ether oxygens (including phenoxy) is 1. The Kier molecular flexibility index (Phi) is 3.76. The molecule has 3 rings (SSSR count). The quantitative estimate of drug-likeness (QED) is 0.560. The number of aliphatic imine (C=N–C) groups is 1. The molecule has 0 fully saturated rings. The van der Waals surface area contributed by atoms with Crippen molar-refractivity contribution in [2.75, 3.05) is 0 Å². The lowest BCUT2D eigenvalue weighted by Gasteiger charge is -2.22. The number of rotatable bonds is 2. The van der Waals surface area contributed by atoms with Crippen molar-refractivity contribution < 1.29 is 9.53 Å². The highest BCUT2D eigenvalue weighted by Crippen LogP contribution is 2.35. The van der Waals surface area contributed by atoms with E-state index in [1.54, 1.807) is 6.07 Å². The van der Waals surface area contributed by atoms with E-state index >= 15 is 0 Å². The minimum absolute atomic E-state index is 0.376. The van der Waals surface area contributed by atoms with Crippen LogP contribution in [0.4, 0.5) is 5.69 Å². The third kappa shape index (κ3) is 2.45. The molecule has 0 aliphatic carbocycles. The summed E-state index contributed by atoms with van der Waals surface area (Å²) in [6.45, 7) is 0. The van der Waals surface area contributed by atoms with Gasteiger partial charge in [-0.1, -0.05) is 23.7 Å². The van der Waals surface area contributed by atoms with E-state index in [0.717, 1.165) is 21.1 Å². The average molecular weight is 398 g/mol. The second-order valence-corrected chi connectivity index (χ2v) is 5.93. The molecule has 1 unspecified atom stereocenters. The highest BCUT2D eigenvalue weighted by Gasteiger charge is 2.25. The van der Waals surface area contributed by atoms with Crippen LogP contribution in [0.1, 0.15) is 17.2 Å². The van der Waals surface area contributed by atoms with E-state index in [0.29, 0.717) is 16.5 Å². The normalized spacial score (nSPS) is 16.9. The van der Waals surface area contributed by atoms with Crippen molar-refractivity contribution in [2.24, 2.45) is 4.99 Å². The number of carbonyl (C=O) groups is 1. The van der Waals surface area contributed by atoms with Gasteiger partial charge in [0.2, 0.25) is 5.90 Å². The van der Waals surface area contributed by atoms with E-state index in [1.165, 1.54) is 0 Å². The van der Waals surface area contributed by atoms with Crippen molar-refractivity contribution in [1.29, 1.82) is 0 Å². The van der Waals surface area contributed by atoms with Crippen LogP contribution in [0.25, 0.3) is 0 Å². The number of aldehydes is 1. The molecule has 0 saturated heterocycles. The number of hydrogen-bond acceptors (Lipinski definition) is 3. The smallest absolute Gasteiger partial charge is 0.223 e. The largest absolute Gasteiger partial charge is 0.461 e. The molecule has 1 aliphatic heterocycles. The van der Waals surface area contributed by atoms with E-state index in [2.05, 4.69) is 27.6 Å². The molecule has 3 nitrogen and oxygen atoms in total. The number of benzene rings is 2. The summed E-state index contributed by atoms with van der Waals surface area (Å²) in [4.78, 5) is 15.7. The third-order valence-corrected chi connectivity index (χ3v) is 3.99. The Labute approximate surface area is 134 Å². The molecule has 1 heterocycles. The zero-order valence-corrected chi connectivity index (χ0v) is 13.1. The Morgan fingerprint density at radius 3 is 2.80 bits per heavy atom. The molecule has 1 atom stereocenters. The van der Waals surface area contributed by atoms with Crippen LogP contribution in [0.2, 0.25) is 5.02 Å². The van der Waals surface area contributed by atoms with E-state index in [-0.39, 0.29) is 0 Å². The predicted octanol–water partition coefficient (Wildman–Crippen LogP) is 4.29. The fourth-order valence-electron chi connectivity index (χ4n) is 2.03. The van der Waals surface area contributed by atoms with E-state index in [9.17, 15) is 4.79 Å². The molecule has 0 N–H and O–H groups in total. The van der Waals surface area contributed by atoms with Crippen LogP contribution in [-0.2, 0) is 9.53 Å². The van der Waals surface area contributed by atoms with Crippen LogP contribution in [-0.4, -0.2) is 12.2 Å². The van der Waals surface area contributed by atoms with Crippen molar-refractivity contribution in [3.05, 3.63) is 62.2 Å². The Balaban J connectivity index is 2.14. The third-order valence-electron chi connectivity index (χ3n) is 2.98. The second kappa shape index (κ2) is 5.54. The lowest BCUT2D eigenvalue weighted by Crippen LogP contribution is -2.18. The second-order valence-electron chi connectivity index (χ2n) is 4.27. The summed E-state index contributed by atoms with van der Waals surface area (Å²) < 4.78 is 6.71. The zero-order chi connectivity index (χ0) is 14.1. The van der Waals surface area contributed by atoms with Gasteiger partial charge in [-0.3, -0.25) is 4.79 Å². The van der Waals surface area contributed by atoms with Crippen LogP contribution in [0.5, 0.6) is 0 Å². The molecular weight excluding hydrogens is 389 g/mol. The van der Waals surface area contributed by atoms with Gasteiger partial charge < -0.3 is 4.74 Å². The average Bonchev–Trinajstić information content (AvgIpc) is 2.46. The molecule has 0 aromatic heterocycles. The van der Waals surface area contributed by atoms with Gasteiger partial charge in [-0.05, 0) is 52.9 Å². The molecule has 2 aromatic rings. The van der Waals surface area contributed by atoms with Gasteiger partial charge in [0.25, 0.3) is 0 Å². The topological polar surface area (TPSA) is 38.7 Å². The van der Waals surface area contributed by atoms with Gasteiger partial charge in [0.15, 0.2) is 12.4 Å². The summed E-state index contributed by atoms with van der Waals surface area (Å²) in [6.07, 6.45) is 0.129. The fourth-order valence-corrected chi connectivity index (χ4v) is 2.77. The van der Waals surface area contributed by atoms with Crippen molar-refractivity contribution in [2.45, 2.75) is 6.10 Å². The van der Waals surface area contributed by atoms with Crippen LogP contribution >= 0.6 is 34.2 Å². The molecule has 0 bridgehead atoms. The van der Waals surface area contributed by atoms with E-state index in [4.69, 9.17) is 16.3 Å². The van der Waals surface area contributed by atoms with Gasteiger partial charge in [0.05, 0.1) is 16.3 Å². The number of fused-ring (bicyclic) bond motifs is 1. The first-order chi connectivity index (χ1) is 9.69. The summed E-state index contributed by atoms with van der Waals surface area (Å²) in [7, 11) is 0. The molecule has 100 valence electrons. The van der Waals surface area contributed by atoms with Crippen molar-refractivity contribution in [3.8, 4) is 0 Å².